The van der Waals surface area contributed by atoms with E-state index in [1.807, 2.05) is 6.07 Å². The monoisotopic (exact) mass is 308 g/mol. The standard InChI is InChI=1S/C14H17ClN4O2/c15-5-1-4-13(20)19-8-2-3-11(10-19)21-14-12(9-16)17-6-7-18-14/h6-7,11H,1-5,8,10H2. The number of alkyl halides is 1. The summed E-state index contributed by atoms with van der Waals surface area (Å²) >= 11 is 5.61. The molecule has 1 atom stereocenters. The molecule has 1 aromatic rings. The van der Waals surface area contributed by atoms with E-state index < -0.39 is 0 Å². The lowest BCUT2D eigenvalue weighted by Crippen LogP contribution is -2.44. The highest BCUT2D eigenvalue weighted by molar-refractivity contribution is 6.17. The van der Waals surface area contributed by atoms with Crippen LogP contribution in [-0.4, -0.2) is 45.8 Å². The number of carbonyl (C=O) groups excluding carboxylic acids is 1. The molecule has 0 aromatic carbocycles. The molecule has 0 bridgehead atoms. The van der Waals surface area contributed by atoms with Crippen molar-refractivity contribution < 1.29 is 9.53 Å². The molecule has 1 aliphatic rings. The molecule has 1 saturated heterocycles. The first kappa shape index (κ1) is 15.5. The number of amides is 1. The van der Waals surface area contributed by atoms with Crippen molar-refractivity contribution in [3.8, 4) is 11.9 Å². The maximum Gasteiger partial charge on any atom is 0.251 e. The summed E-state index contributed by atoms with van der Waals surface area (Å²) < 4.78 is 5.75. The summed E-state index contributed by atoms with van der Waals surface area (Å²) in [7, 11) is 0. The summed E-state index contributed by atoms with van der Waals surface area (Å²) in [5, 5.41) is 8.98. The van der Waals surface area contributed by atoms with Crippen LogP contribution < -0.4 is 4.74 Å². The normalized spacial score (nSPS) is 18.1. The minimum absolute atomic E-state index is 0.101. The molecule has 1 aromatic heterocycles. The lowest BCUT2D eigenvalue weighted by Gasteiger charge is -2.32. The van der Waals surface area contributed by atoms with Gasteiger partial charge in [0.25, 0.3) is 5.88 Å². The molecule has 6 nitrogen and oxygen atoms in total. The van der Waals surface area contributed by atoms with Crippen molar-refractivity contribution in [3.63, 3.8) is 0 Å². The second-order valence-corrected chi connectivity index (χ2v) is 5.21. The summed E-state index contributed by atoms with van der Waals surface area (Å²) in [4.78, 5) is 21.8. The second kappa shape index (κ2) is 7.79. The molecule has 2 rings (SSSR count). The van der Waals surface area contributed by atoms with E-state index in [2.05, 4.69) is 9.97 Å². The van der Waals surface area contributed by atoms with Crippen LogP contribution in [0.3, 0.4) is 0 Å². The van der Waals surface area contributed by atoms with Gasteiger partial charge in [-0.15, -0.1) is 11.6 Å². The van der Waals surface area contributed by atoms with Crippen LogP contribution in [0.5, 0.6) is 5.88 Å². The Hall–Kier alpha value is -1.87. The zero-order valence-electron chi connectivity index (χ0n) is 11.7. The van der Waals surface area contributed by atoms with Gasteiger partial charge in [-0.25, -0.2) is 9.97 Å². The number of likely N-dealkylation sites (tertiary alicyclic amines) is 1. The molecule has 112 valence electrons. The van der Waals surface area contributed by atoms with Crippen molar-refractivity contribution in [1.82, 2.24) is 14.9 Å². The SMILES string of the molecule is N#Cc1nccnc1OC1CCCN(C(=O)CCCCl)C1. The molecule has 1 aliphatic heterocycles. The van der Waals surface area contributed by atoms with Gasteiger partial charge in [0.15, 0.2) is 0 Å². The third-order valence-electron chi connectivity index (χ3n) is 3.30. The van der Waals surface area contributed by atoms with Crippen molar-refractivity contribution in [2.75, 3.05) is 19.0 Å². The Morgan fingerprint density at radius 3 is 3.10 bits per heavy atom. The first-order valence-corrected chi connectivity index (χ1v) is 7.49. The van der Waals surface area contributed by atoms with E-state index in [4.69, 9.17) is 21.6 Å². The maximum absolute atomic E-state index is 12.0. The largest absolute Gasteiger partial charge is 0.470 e. The smallest absolute Gasteiger partial charge is 0.251 e. The van der Waals surface area contributed by atoms with Gasteiger partial charge >= 0.3 is 0 Å². The Bertz CT molecular complexity index is 532. The summed E-state index contributed by atoms with van der Waals surface area (Å²) in [6.07, 6.45) is 5.65. The van der Waals surface area contributed by atoms with Gasteiger partial charge in [-0.2, -0.15) is 5.26 Å². The Kier molecular flexibility index (Phi) is 5.76. The minimum atomic E-state index is -0.150. The Labute approximate surface area is 128 Å². The van der Waals surface area contributed by atoms with Crippen molar-refractivity contribution in [1.29, 1.82) is 5.26 Å². The van der Waals surface area contributed by atoms with Crippen molar-refractivity contribution in [2.45, 2.75) is 31.8 Å². The fourth-order valence-corrected chi connectivity index (χ4v) is 2.42. The average molecular weight is 309 g/mol. The summed E-state index contributed by atoms with van der Waals surface area (Å²) in [5.41, 5.74) is 0.170. The van der Waals surface area contributed by atoms with E-state index >= 15 is 0 Å². The van der Waals surface area contributed by atoms with E-state index in [-0.39, 0.29) is 23.6 Å². The molecule has 21 heavy (non-hydrogen) atoms. The van der Waals surface area contributed by atoms with Gasteiger partial charge in [-0.05, 0) is 19.3 Å². The number of halogens is 1. The number of hydrogen-bond donors (Lipinski definition) is 0. The van der Waals surface area contributed by atoms with Crippen molar-refractivity contribution >= 4 is 17.5 Å². The van der Waals surface area contributed by atoms with Gasteiger partial charge < -0.3 is 9.64 Å². The highest BCUT2D eigenvalue weighted by atomic mass is 35.5. The van der Waals surface area contributed by atoms with Crippen molar-refractivity contribution in [2.24, 2.45) is 0 Å². The Balaban J connectivity index is 1.95. The van der Waals surface area contributed by atoms with E-state index in [1.165, 1.54) is 12.4 Å². The molecule has 0 saturated carbocycles. The number of nitriles is 1. The Morgan fingerprint density at radius 1 is 1.52 bits per heavy atom. The third-order valence-corrected chi connectivity index (χ3v) is 3.57. The van der Waals surface area contributed by atoms with Crippen LogP contribution in [0.1, 0.15) is 31.4 Å². The lowest BCUT2D eigenvalue weighted by molar-refractivity contribution is -0.133. The van der Waals surface area contributed by atoms with Gasteiger partial charge in [-0.1, -0.05) is 0 Å². The number of piperidine rings is 1. The summed E-state index contributed by atoms with van der Waals surface area (Å²) in [6.45, 7) is 1.26. The molecule has 1 fully saturated rings. The molecule has 0 N–H and O–H groups in total. The topological polar surface area (TPSA) is 79.1 Å². The van der Waals surface area contributed by atoms with E-state index in [9.17, 15) is 4.79 Å². The van der Waals surface area contributed by atoms with Crippen LogP contribution in [-0.2, 0) is 4.79 Å². The molecule has 7 heteroatoms. The number of aromatic nitrogens is 2. The third kappa shape index (κ3) is 4.30. The van der Waals surface area contributed by atoms with Crippen LogP contribution >= 0.6 is 11.6 Å². The molecular weight excluding hydrogens is 292 g/mol. The zero-order valence-corrected chi connectivity index (χ0v) is 12.4. The van der Waals surface area contributed by atoms with Gasteiger partial charge in [-0.3, -0.25) is 4.79 Å². The highest BCUT2D eigenvalue weighted by Crippen LogP contribution is 2.19. The molecule has 0 spiro atoms. The summed E-state index contributed by atoms with van der Waals surface area (Å²) in [6, 6.07) is 1.95. The van der Waals surface area contributed by atoms with Gasteiger partial charge in [0.2, 0.25) is 11.6 Å². The van der Waals surface area contributed by atoms with Crippen LogP contribution in [0.2, 0.25) is 0 Å². The molecule has 0 aliphatic carbocycles. The minimum Gasteiger partial charge on any atom is -0.470 e. The molecular formula is C14H17ClN4O2. The molecule has 1 unspecified atom stereocenters. The van der Waals surface area contributed by atoms with Crippen LogP contribution in [0, 0.1) is 11.3 Å². The number of carbonyl (C=O) groups is 1. The Morgan fingerprint density at radius 2 is 2.33 bits per heavy atom. The highest BCUT2D eigenvalue weighted by Gasteiger charge is 2.25. The van der Waals surface area contributed by atoms with Crippen LogP contribution in [0.4, 0.5) is 0 Å². The van der Waals surface area contributed by atoms with Crippen LogP contribution in [0.15, 0.2) is 12.4 Å². The predicted octanol–water partition coefficient (Wildman–Crippen LogP) is 1.74. The van der Waals surface area contributed by atoms with E-state index in [0.717, 1.165) is 19.4 Å². The fraction of sp³-hybridized carbons (Fsp3) is 0.571. The second-order valence-electron chi connectivity index (χ2n) is 4.84. The number of rotatable bonds is 5. The molecule has 0 radical (unpaired) electrons. The van der Waals surface area contributed by atoms with Crippen LogP contribution in [0.25, 0.3) is 0 Å². The lowest BCUT2D eigenvalue weighted by atomic mass is 10.1. The summed E-state index contributed by atoms with van der Waals surface area (Å²) in [5.74, 6) is 0.827. The van der Waals surface area contributed by atoms with E-state index in [1.54, 1.807) is 4.90 Å². The van der Waals surface area contributed by atoms with E-state index in [0.29, 0.717) is 25.3 Å². The first-order chi connectivity index (χ1) is 10.2. The van der Waals surface area contributed by atoms with Gasteiger partial charge in [0.05, 0.1) is 6.54 Å². The number of nitrogens with zero attached hydrogens (tertiary/aromatic N) is 4. The number of ether oxygens (including phenoxy) is 1. The number of hydrogen-bond acceptors (Lipinski definition) is 5. The van der Waals surface area contributed by atoms with Crippen molar-refractivity contribution in [3.05, 3.63) is 18.1 Å². The maximum atomic E-state index is 12.0. The van der Waals surface area contributed by atoms with Gasteiger partial charge in [0.1, 0.15) is 12.2 Å². The predicted molar refractivity (Wildman–Crippen MR) is 76.9 cm³/mol. The zero-order chi connectivity index (χ0) is 15.1. The molecule has 2 heterocycles. The molecule has 1 amide bonds. The first-order valence-electron chi connectivity index (χ1n) is 6.96. The average Bonchev–Trinajstić information content (AvgIpc) is 2.53. The van der Waals surface area contributed by atoms with Gasteiger partial charge in [0, 0.05) is 31.2 Å². The quantitative estimate of drug-likeness (QED) is 0.774. The fourth-order valence-electron chi connectivity index (χ4n) is 2.28.